The predicted molar refractivity (Wildman–Crippen MR) is 93.7 cm³/mol. The molecule has 3 aromatic rings. The summed E-state index contributed by atoms with van der Waals surface area (Å²) in [4.78, 5) is 8.38. The van der Waals surface area contributed by atoms with Crippen LogP contribution in [0.25, 0.3) is 0 Å². The molecule has 0 saturated heterocycles. The lowest BCUT2D eigenvalue weighted by atomic mass is 10.3. The largest absolute Gasteiger partial charge is 0.340 e. The second-order valence-corrected chi connectivity index (χ2v) is 6.85. The van der Waals surface area contributed by atoms with E-state index < -0.39 is 10.0 Å². The van der Waals surface area contributed by atoms with Gasteiger partial charge in [-0.15, -0.1) is 0 Å². The molecular weight excluding hydrogens is 324 g/mol. The monoisotopic (exact) mass is 340 g/mol. The zero-order chi connectivity index (χ0) is 17.0. The molecule has 0 aliphatic rings. The molecular formula is C17H16N4O2S. The van der Waals surface area contributed by atoms with E-state index in [1.165, 1.54) is 6.33 Å². The molecule has 0 bridgehead atoms. The third-order valence-corrected chi connectivity index (χ3v) is 4.64. The van der Waals surface area contributed by atoms with E-state index in [0.29, 0.717) is 11.5 Å². The summed E-state index contributed by atoms with van der Waals surface area (Å²) in [6.45, 7) is 1.87. The fourth-order valence-corrected chi connectivity index (χ4v) is 3.22. The number of hydrogen-bond acceptors (Lipinski definition) is 5. The van der Waals surface area contributed by atoms with Gasteiger partial charge in [-0.1, -0.05) is 24.3 Å². The summed E-state index contributed by atoms with van der Waals surface area (Å²) in [5.41, 5.74) is 2.03. The lowest BCUT2D eigenvalue weighted by Crippen LogP contribution is -2.12. The van der Waals surface area contributed by atoms with E-state index in [2.05, 4.69) is 20.0 Å². The summed E-state index contributed by atoms with van der Waals surface area (Å²) >= 11 is 0. The highest BCUT2D eigenvalue weighted by Crippen LogP contribution is 2.21. The number of hydrogen-bond donors (Lipinski definition) is 2. The Hall–Kier alpha value is -2.93. The van der Waals surface area contributed by atoms with Crippen molar-refractivity contribution in [1.82, 2.24) is 9.97 Å². The molecule has 0 aliphatic carbocycles. The van der Waals surface area contributed by atoms with E-state index in [9.17, 15) is 8.42 Å². The van der Waals surface area contributed by atoms with Gasteiger partial charge in [-0.2, -0.15) is 0 Å². The molecule has 0 aliphatic heterocycles. The van der Waals surface area contributed by atoms with Crippen LogP contribution < -0.4 is 10.0 Å². The SMILES string of the molecule is Cc1cc(Nc2cccc(NS(=O)(=O)c3ccccc3)c2)ncn1. The maximum atomic E-state index is 12.4. The van der Waals surface area contributed by atoms with Crippen LogP contribution in [0.2, 0.25) is 0 Å². The predicted octanol–water partition coefficient (Wildman–Crippen LogP) is 3.33. The average molecular weight is 340 g/mol. The molecule has 24 heavy (non-hydrogen) atoms. The molecule has 0 fully saturated rings. The molecule has 0 spiro atoms. The number of nitrogens with zero attached hydrogens (tertiary/aromatic N) is 2. The molecule has 2 N–H and O–H groups in total. The summed E-state index contributed by atoms with van der Waals surface area (Å²) < 4.78 is 27.3. The zero-order valence-corrected chi connectivity index (χ0v) is 13.8. The smallest absolute Gasteiger partial charge is 0.261 e. The number of sulfonamides is 1. The lowest BCUT2D eigenvalue weighted by Gasteiger charge is -2.10. The summed E-state index contributed by atoms with van der Waals surface area (Å²) in [5, 5.41) is 3.12. The molecule has 1 aromatic heterocycles. The normalized spacial score (nSPS) is 11.0. The molecule has 6 nitrogen and oxygen atoms in total. The fraction of sp³-hybridized carbons (Fsp3) is 0.0588. The van der Waals surface area contributed by atoms with Gasteiger partial charge in [-0.25, -0.2) is 18.4 Å². The van der Waals surface area contributed by atoms with Crippen LogP contribution >= 0.6 is 0 Å². The first-order chi connectivity index (χ1) is 11.5. The van der Waals surface area contributed by atoms with Crippen LogP contribution in [0.15, 0.2) is 71.9 Å². The number of benzene rings is 2. The van der Waals surface area contributed by atoms with Gasteiger partial charge in [0.1, 0.15) is 12.1 Å². The topological polar surface area (TPSA) is 84.0 Å². The van der Waals surface area contributed by atoms with Crippen LogP contribution in [0.1, 0.15) is 5.69 Å². The van der Waals surface area contributed by atoms with E-state index in [1.807, 2.05) is 13.0 Å². The van der Waals surface area contributed by atoms with E-state index >= 15 is 0 Å². The quantitative estimate of drug-likeness (QED) is 0.744. The van der Waals surface area contributed by atoms with Gasteiger partial charge in [0.15, 0.2) is 0 Å². The third-order valence-electron chi connectivity index (χ3n) is 3.24. The van der Waals surface area contributed by atoms with Crippen LogP contribution in [0.4, 0.5) is 17.2 Å². The number of aromatic nitrogens is 2. The first-order valence-electron chi connectivity index (χ1n) is 7.26. The van der Waals surface area contributed by atoms with Crippen LogP contribution in [0, 0.1) is 6.92 Å². The molecule has 1 heterocycles. The van der Waals surface area contributed by atoms with Crippen molar-refractivity contribution >= 4 is 27.2 Å². The minimum absolute atomic E-state index is 0.217. The van der Waals surface area contributed by atoms with Crippen molar-refractivity contribution in [3.63, 3.8) is 0 Å². The number of aryl methyl sites for hydroxylation is 1. The molecule has 0 unspecified atom stereocenters. The maximum Gasteiger partial charge on any atom is 0.261 e. The van der Waals surface area contributed by atoms with Gasteiger partial charge in [0.2, 0.25) is 0 Å². The molecule has 7 heteroatoms. The average Bonchev–Trinajstić information content (AvgIpc) is 2.56. The number of rotatable bonds is 5. The summed E-state index contributed by atoms with van der Waals surface area (Å²) in [5.74, 6) is 0.644. The Balaban J connectivity index is 1.81. The Kier molecular flexibility index (Phi) is 4.43. The van der Waals surface area contributed by atoms with E-state index in [-0.39, 0.29) is 4.90 Å². The zero-order valence-electron chi connectivity index (χ0n) is 13.0. The van der Waals surface area contributed by atoms with Gasteiger partial charge in [0, 0.05) is 17.4 Å². The molecule has 0 atom stereocenters. The highest BCUT2D eigenvalue weighted by molar-refractivity contribution is 7.92. The minimum atomic E-state index is -3.61. The fourth-order valence-electron chi connectivity index (χ4n) is 2.14. The Morgan fingerprint density at radius 3 is 2.38 bits per heavy atom. The highest BCUT2D eigenvalue weighted by atomic mass is 32.2. The van der Waals surface area contributed by atoms with Crippen molar-refractivity contribution in [2.24, 2.45) is 0 Å². The third kappa shape index (κ3) is 3.88. The first-order valence-corrected chi connectivity index (χ1v) is 8.75. The van der Waals surface area contributed by atoms with Crippen LogP contribution in [-0.2, 0) is 10.0 Å². The Morgan fingerprint density at radius 2 is 1.62 bits per heavy atom. The second-order valence-electron chi connectivity index (χ2n) is 5.17. The van der Waals surface area contributed by atoms with E-state index in [1.54, 1.807) is 54.6 Å². The van der Waals surface area contributed by atoms with E-state index in [4.69, 9.17) is 0 Å². The maximum absolute atomic E-state index is 12.4. The van der Waals surface area contributed by atoms with Crippen molar-refractivity contribution in [2.75, 3.05) is 10.0 Å². The lowest BCUT2D eigenvalue weighted by molar-refractivity contribution is 0.601. The van der Waals surface area contributed by atoms with Crippen LogP contribution in [0.3, 0.4) is 0 Å². The molecule has 3 rings (SSSR count). The minimum Gasteiger partial charge on any atom is -0.340 e. The van der Waals surface area contributed by atoms with Gasteiger partial charge < -0.3 is 5.32 Å². The van der Waals surface area contributed by atoms with Gasteiger partial charge in [0.25, 0.3) is 10.0 Å². The van der Waals surface area contributed by atoms with E-state index in [0.717, 1.165) is 11.4 Å². The van der Waals surface area contributed by atoms with Gasteiger partial charge in [-0.05, 0) is 37.3 Å². The summed E-state index contributed by atoms with van der Waals surface area (Å²) in [6, 6.07) is 17.0. The van der Waals surface area contributed by atoms with Gasteiger partial charge in [0.05, 0.1) is 10.6 Å². The number of nitrogens with one attached hydrogen (secondary N) is 2. The highest BCUT2D eigenvalue weighted by Gasteiger charge is 2.13. The van der Waals surface area contributed by atoms with Crippen molar-refractivity contribution in [1.29, 1.82) is 0 Å². The summed E-state index contributed by atoms with van der Waals surface area (Å²) in [7, 11) is -3.61. The summed E-state index contributed by atoms with van der Waals surface area (Å²) in [6.07, 6.45) is 1.47. The Morgan fingerprint density at radius 1 is 0.875 bits per heavy atom. The second kappa shape index (κ2) is 6.67. The Labute approximate surface area is 140 Å². The first kappa shape index (κ1) is 15.9. The van der Waals surface area contributed by atoms with Crippen molar-refractivity contribution in [3.8, 4) is 0 Å². The standard InChI is InChI=1S/C17H16N4O2S/c1-13-10-17(19-12-18-13)20-14-6-5-7-15(11-14)21-24(22,23)16-8-3-2-4-9-16/h2-12,21H,1H3,(H,18,19,20). The van der Waals surface area contributed by atoms with Gasteiger partial charge >= 0.3 is 0 Å². The van der Waals surface area contributed by atoms with Crippen molar-refractivity contribution in [3.05, 3.63) is 72.7 Å². The molecule has 122 valence electrons. The Bertz CT molecular complexity index is 944. The van der Waals surface area contributed by atoms with Crippen molar-refractivity contribution < 1.29 is 8.42 Å². The van der Waals surface area contributed by atoms with Gasteiger partial charge in [-0.3, -0.25) is 4.72 Å². The van der Waals surface area contributed by atoms with Crippen LogP contribution in [-0.4, -0.2) is 18.4 Å². The van der Waals surface area contributed by atoms with Crippen molar-refractivity contribution in [2.45, 2.75) is 11.8 Å². The molecule has 0 radical (unpaired) electrons. The molecule has 0 saturated carbocycles. The molecule has 2 aromatic carbocycles. The number of anilines is 3. The molecule has 0 amide bonds. The van der Waals surface area contributed by atoms with Crippen LogP contribution in [0.5, 0.6) is 0 Å².